The summed E-state index contributed by atoms with van der Waals surface area (Å²) < 4.78 is 0. The van der Waals surface area contributed by atoms with Gasteiger partial charge in [0.25, 0.3) is 11.6 Å². The van der Waals surface area contributed by atoms with E-state index in [1.54, 1.807) is 0 Å². The molecule has 20 heavy (non-hydrogen) atoms. The van der Waals surface area contributed by atoms with Gasteiger partial charge in [-0.3, -0.25) is 20.8 Å². The third-order valence-electron chi connectivity index (χ3n) is 2.77. The number of nitro benzene ring substituents is 1. The number of nitrogen functional groups attached to an aromatic ring is 1. The predicted octanol–water partition coefficient (Wildman–Crippen LogP) is 2.45. The van der Waals surface area contributed by atoms with Gasteiger partial charge in [0.2, 0.25) is 0 Å². The van der Waals surface area contributed by atoms with E-state index in [4.69, 9.17) is 17.4 Å². The van der Waals surface area contributed by atoms with Crippen LogP contribution < -0.4 is 16.6 Å². The van der Waals surface area contributed by atoms with E-state index in [9.17, 15) is 14.9 Å². The normalized spacial score (nSPS) is 11.8. The van der Waals surface area contributed by atoms with Gasteiger partial charge in [0.1, 0.15) is 5.69 Å². The summed E-state index contributed by atoms with van der Waals surface area (Å²) in [7, 11) is 0. The van der Waals surface area contributed by atoms with Gasteiger partial charge in [0.15, 0.2) is 0 Å². The van der Waals surface area contributed by atoms with Crippen molar-refractivity contribution in [2.24, 2.45) is 5.84 Å². The molecule has 1 atom stereocenters. The standard InChI is InChI=1S/C12H17ClN4O3/c1-3-4-7(2)15-12(18)8-5-9(13)11(16-14)10(6-8)17(19)20/h5-7,16H,3-4,14H2,1-2H3,(H,15,18). The molecule has 1 unspecified atom stereocenters. The molecule has 0 fully saturated rings. The molecule has 0 saturated carbocycles. The quantitative estimate of drug-likeness (QED) is 0.424. The molecule has 0 saturated heterocycles. The fourth-order valence-corrected chi connectivity index (χ4v) is 2.09. The Morgan fingerprint density at radius 3 is 2.70 bits per heavy atom. The van der Waals surface area contributed by atoms with Crippen LogP contribution in [0, 0.1) is 10.1 Å². The first-order chi connectivity index (χ1) is 9.40. The van der Waals surface area contributed by atoms with Crippen molar-refractivity contribution < 1.29 is 9.72 Å². The highest BCUT2D eigenvalue weighted by atomic mass is 35.5. The molecule has 7 nitrogen and oxygen atoms in total. The number of hydrogen-bond acceptors (Lipinski definition) is 5. The van der Waals surface area contributed by atoms with Crippen LogP contribution in [-0.2, 0) is 0 Å². The Balaban J connectivity index is 3.08. The van der Waals surface area contributed by atoms with Crippen LogP contribution in [0.25, 0.3) is 0 Å². The highest BCUT2D eigenvalue weighted by Crippen LogP contribution is 2.32. The van der Waals surface area contributed by atoms with E-state index in [1.165, 1.54) is 6.07 Å². The number of nitrogens with zero attached hydrogens (tertiary/aromatic N) is 1. The fourth-order valence-electron chi connectivity index (χ4n) is 1.82. The van der Waals surface area contributed by atoms with E-state index in [2.05, 4.69) is 10.7 Å². The summed E-state index contributed by atoms with van der Waals surface area (Å²) in [5, 5.41) is 13.7. The van der Waals surface area contributed by atoms with E-state index in [0.29, 0.717) is 0 Å². The topological polar surface area (TPSA) is 110 Å². The van der Waals surface area contributed by atoms with Crippen molar-refractivity contribution in [3.8, 4) is 0 Å². The van der Waals surface area contributed by atoms with Gasteiger partial charge in [0, 0.05) is 17.7 Å². The van der Waals surface area contributed by atoms with Crippen LogP contribution in [0.2, 0.25) is 5.02 Å². The molecule has 1 amide bonds. The first-order valence-electron chi connectivity index (χ1n) is 6.16. The largest absolute Gasteiger partial charge is 0.350 e. The second-order valence-electron chi connectivity index (χ2n) is 4.42. The molecule has 0 spiro atoms. The maximum Gasteiger partial charge on any atom is 0.295 e. The number of amides is 1. The van der Waals surface area contributed by atoms with Crippen LogP contribution in [0.4, 0.5) is 11.4 Å². The lowest BCUT2D eigenvalue weighted by Gasteiger charge is -2.13. The average molecular weight is 301 g/mol. The summed E-state index contributed by atoms with van der Waals surface area (Å²) in [6.45, 7) is 3.87. The van der Waals surface area contributed by atoms with Crippen LogP contribution in [-0.4, -0.2) is 16.9 Å². The third kappa shape index (κ3) is 3.82. The second kappa shape index (κ2) is 7.06. The van der Waals surface area contributed by atoms with Crippen LogP contribution in [0.5, 0.6) is 0 Å². The van der Waals surface area contributed by atoms with Gasteiger partial charge in [-0.05, 0) is 19.4 Å². The summed E-state index contributed by atoms with van der Waals surface area (Å²) >= 11 is 5.89. The smallest absolute Gasteiger partial charge is 0.295 e. The van der Waals surface area contributed by atoms with Crippen molar-refractivity contribution in [1.82, 2.24) is 5.32 Å². The molecule has 1 rings (SSSR count). The molecule has 0 heterocycles. The van der Waals surface area contributed by atoms with Gasteiger partial charge in [0.05, 0.1) is 9.95 Å². The Morgan fingerprint density at radius 2 is 2.20 bits per heavy atom. The molecule has 0 aliphatic heterocycles. The summed E-state index contributed by atoms with van der Waals surface area (Å²) in [4.78, 5) is 22.3. The van der Waals surface area contributed by atoms with E-state index >= 15 is 0 Å². The first-order valence-corrected chi connectivity index (χ1v) is 6.53. The number of nitro groups is 1. The van der Waals surface area contributed by atoms with Crippen LogP contribution in [0.1, 0.15) is 37.0 Å². The number of anilines is 1. The van der Waals surface area contributed by atoms with Gasteiger partial charge in [-0.1, -0.05) is 24.9 Å². The monoisotopic (exact) mass is 300 g/mol. The fraction of sp³-hybridized carbons (Fsp3) is 0.417. The third-order valence-corrected chi connectivity index (χ3v) is 3.07. The number of carbonyl (C=O) groups excluding carboxylic acids is 1. The Labute approximate surface area is 121 Å². The second-order valence-corrected chi connectivity index (χ2v) is 4.82. The lowest BCUT2D eigenvalue weighted by atomic mass is 10.1. The molecule has 8 heteroatoms. The van der Waals surface area contributed by atoms with Crippen molar-refractivity contribution in [3.05, 3.63) is 32.8 Å². The van der Waals surface area contributed by atoms with Crippen LogP contribution in [0.3, 0.4) is 0 Å². The molecule has 1 aromatic carbocycles. The molecule has 1 aromatic rings. The molecule has 0 aliphatic carbocycles. The predicted molar refractivity (Wildman–Crippen MR) is 77.8 cm³/mol. The first kappa shape index (κ1) is 16.2. The Hall–Kier alpha value is -1.86. The molecule has 0 bridgehead atoms. The number of nitrogens with two attached hydrogens (primary N) is 1. The Morgan fingerprint density at radius 1 is 1.55 bits per heavy atom. The summed E-state index contributed by atoms with van der Waals surface area (Å²) in [5.41, 5.74) is 1.94. The lowest BCUT2D eigenvalue weighted by molar-refractivity contribution is -0.384. The van der Waals surface area contributed by atoms with Gasteiger partial charge in [-0.15, -0.1) is 0 Å². The number of hydrazine groups is 1. The zero-order valence-corrected chi connectivity index (χ0v) is 12.0. The summed E-state index contributed by atoms with van der Waals surface area (Å²) in [6.07, 6.45) is 1.75. The Kier molecular flexibility index (Phi) is 5.72. The van der Waals surface area contributed by atoms with Gasteiger partial charge < -0.3 is 10.7 Å². The zero-order chi connectivity index (χ0) is 15.3. The number of rotatable bonds is 6. The van der Waals surface area contributed by atoms with Crippen molar-refractivity contribution in [1.29, 1.82) is 0 Å². The number of nitrogens with one attached hydrogen (secondary N) is 2. The minimum Gasteiger partial charge on any atom is -0.350 e. The number of hydrogen-bond donors (Lipinski definition) is 3. The number of carbonyl (C=O) groups is 1. The van der Waals surface area contributed by atoms with Crippen molar-refractivity contribution in [2.45, 2.75) is 32.7 Å². The molecule has 4 N–H and O–H groups in total. The maximum atomic E-state index is 12.0. The molecular weight excluding hydrogens is 284 g/mol. The minimum absolute atomic E-state index is 0.0161. The highest BCUT2D eigenvalue weighted by Gasteiger charge is 2.21. The van der Waals surface area contributed by atoms with E-state index in [1.807, 2.05) is 13.8 Å². The van der Waals surface area contributed by atoms with Crippen molar-refractivity contribution in [3.63, 3.8) is 0 Å². The molecule has 0 aliphatic rings. The van der Waals surface area contributed by atoms with Crippen molar-refractivity contribution in [2.75, 3.05) is 5.43 Å². The Bertz CT molecular complexity index is 522. The van der Waals surface area contributed by atoms with E-state index in [0.717, 1.165) is 18.9 Å². The molecular formula is C12H17ClN4O3. The molecule has 0 aromatic heterocycles. The van der Waals surface area contributed by atoms with Gasteiger partial charge in [-0.2, -0.15) is 0 Å². The lowest BCUT2D eigenvalue weighted by Crippen LogP contribution is -2.32. The number of benzene rings is 1. The average Bonchev–Trinajstić information content (AvgIpc) is 2.37. The minimum atomic E-state index is -0.646. The summed E-state index contributed by atoms with van der Waals surface area (Å²) in [5.74, 6) is 4.79. The number of halogens is 1. The summed E-state index contributed by atoms with van der Waals surface area (Å²) in [6, 6.07) is 2.48. The van der Waals surface area contributed by atoms with E-state index in [-0.39, 0.29) is 28.0 Å². The van der Waals surface area contributed by atoms with Crippen LogP contribution >= 0.6 is 11.6 Å². The SMILES string of the molecule is CCCC(C)NC(=O)c1cc(Cl)c(NN)c([N+](=O)[O-])c1. The van der Waals surface area contributed by atoms with Gasteiger partial charge in [-0.25, -0.2) is 0 Å². The van der Waals surface area contributed by atoms with Gasteiger partial charge >= 0.3 is 0 Å². The van der Waals surface area contributed by atoms with E-state index < -0.39 is 10.8 Å². The van der Waals surface area contributed by atoms with Crippen molar-refractivity contribution >= 4 is 28.9 Å². The highest BCUT2D eigenvalue weighted by molar-refractivity contribution is 6.34. The molecule has 110 valence electrons. The zero-order valence-electron chi connectivity index (χ0n) is 11.3. The van der Waals surface area contributed by atoms with Crippen LogP contribution in [0.15, 0.2) is 12.1 Å². The molecule has 0 radical (unpaired) electrons. The maximum absolute atomic E-state index is 12.0.